The average Bonchev–Trinajstić information content (AvgIpc) is 3.29. The summed E-state index contributed by atoms with van der Waals surface area (Å²) in [4.78, 5) is 11.0. The van der Waals surface area contributed by atoms with Gasteiger partial charge >= 0.3 is 0 Å². The fourth-order valence-electron chi connectivity index (χ4n) is 3.78. The maximum atomic E-state index is 13.0. The SMILES string of the molecule is COc1cccc(-n2nnc3c(N4CCN(S(=O)(=O)c5ccc(Cl)cc5)CC4)ncnc32)c1. The molecule has 0 aliphatic carbocycles. The van der Waals surface area contributed by atoms with Crippen LogP contribution in [0.25, 0.3) is 16.9 Å². The van der Waals surface area contributed by atoms with Gasteiger partial charge in [0.1, 0.15) is 12.1 Å². The molecule has 33 heavy (non-hydrogen) atoms. The predicted molar refractivity (Wildman–Crippen MR) is 123 cm³/mol. The third-order valence-corrected chi connectivity index (χ3v) is 7.67. The number of nitrogens with zero attached hydrogens (tertiary/aromatic N) is 7. The van der Waals surface area contributed by atoms with Crippen LogP contribution in [0.4, 0.5) is 5.82 Å². The number of methoxy groups -OCH3 is 1. The Hall–Kier alpha value is -3.28. The highest BCUT2D eigenvalue weighted by molar-refractivity contribution is 7.89. The number of sulfonamides is 1. The van der Waals surface area contributed by atoms with Crippen molar-refractivity contribution in [2.24, 2.45) is 0 Å². The van der Waals surface area contributed by atoms with Crippen LogP contribution in [0.1, 0.15) is 0 Å². The number of piperazine rings is 1. The van der Waals surface area contributed by atoms with Gasteiger partial charge in [-0.1, -0.05) is 22.9 Å². The Balaban J connectivity index is 1.39. The highest BCUT2D eigenvalue weighted by atomic mass is 35.5. The largest absolute Gasteiger partial charge is 0.497 e. The Morgan fingerprint density at radius 1 is 1.00 bits per heavy atom. The number of benzene rings is 2. The molecule has 2 aromatic heterocycles. The van der Waals surface area contributed by atoms with Crippen LogP contribution in [0.5, 0.6) is 5.75 Å². The molecule has 1 fully saturated rings. The second-order valence-corrected chi connectivity index (χ2v) is 9.79. The van der Waals surface area contributed by atoms with E-state index in [2.05, 4.69) is 20.3 Å². The van der Waals surface area contributed by atoms with Crippen molar-refractivity contribution in [3.63, 3.8) is 0 Å². The molecular weight excluding hydrogens is 466 g/mol. The van der Waals surface area contributed by atoms with Crippen molar-refractivity contribution < 1.29 is 13.2 Å². The van der Waals surface area contributed by atoms with E-state index >= 15 is 0 Å². The molecule has 0 saturated carbocycles. The fraction of sp³-hybridized carbons (Fsp3) is 0.238. The second kappa shape index (κ2) is 8.58. The molecule has 0 atom stereocenters. The lowest BCUT2D eigenvalue weighted by Crippen LogP contribution is -2.49. The molecule has 1 aliphatic heterocycles. The number of anilines is 1. The number of hydrogen-bond acceptors (Lipinski definition) is 8. The molecule has 0 N–H and O–H groups in total. The van der Waals surface area contributed by atoms with Crippen LogP contribution >= 0.6 is 11.6 Å². The number of fused-ring (bicyclic) bond motifs is 1. The molecule has 12 heteroatoms. The lowest BCUT2D eigenvalue weighted by atomic mass is 10.3. The summed E-state index contributed by atoms with van der Waals surface area (Å²) in [5.41, 5.74) is 1.87. The summed E-state index contributed by atoms with van der Waals surface area (Å²) in [6.45, 7) is 1.57. The smallest absolute Gasteiger partial charge is 0.243 e. The van der Waals surface area contributed by atoms with E-state index in [1.807, 2.05) is 29.2 Å². The lowest BCUT2D eigenvalue weighted by Gasteiger charge is -2.34. The van der Waals surface area contributed by atoms with Crippen molar-refractivity contribution in [1.82, 2.24) is 29.3 Å². The first kappa shape index (κ1) is 21.6. The zero-order chi connectivity index (χ0) is 23.0. The first-order valence-corrected chi connectivity index (χ1v) is 12.0. The second-order valence-electron chi connectivity index (χ2n) is 7.42. The normalized spacial score (nSPS) is 15.2. The summed E-state index contributed by atoms with van der Waals surface area (Å²) in [5, 5.41) is 9.07. The molecule has 0 unspecified atom stereocenters. The van der Waals surface area contributed by atoms with Gasteiger partial charge in [-0.05, 0) is 36.4 Å². The monoisotopic (exact) mass is 485 g/mol. The van der Waals surface area contributed by atoms with Crippen LogP contribution in [0, 0.1) is 0 Å². The minimum absolute atomic E-state index is 0.228. The number of halogens is 1. The summed E-state index contributed by atoms with van der Waals surface area (Å²) >= 11 is 5.89. The molecule has 0 radical (unpaired) electrons. The van der Waals surface area contributed by atoms with Gasteiger partial charge in [0.2, 0.25) is 10.0 Å². The van der Waals surface area contributed by atoms with E-state index in [9.17, 15) is 8.42 Å². The van der Waals surface area contributed by atoms with Crippen LogP contribution in [0.15, 0.2) is 59.8 Å². The van der Waals surface area contributed by atoms with Crippen molar-refractivity contribution in [3.8, 4) is 11.4 Å². The lowest BCUT2D eigenvalue weighted by molar-refractivity contribution is 0.384. The van der Waals surface area contributed by atoms with E-state index < -0.39 is 10.0 Å². The van der Waals surface area contributed by atoms with E-state index in [4.69, 9.17) is 16.3 Å². The summed E-state index contributed by atoms with van der Waals surface area (Å²) in [5.74, 6) is 1.32. The summed E-state index contributed by atoms with van der Waals surface area (Å²) in [7, 11) is -1.99. The van der Waals surface area contributed by atoms with Crippen LogP contribution in [-0.4, -0.2) is 71.0 Å². The summed E-state index contributed by atoms with van der Waals surface area (Å²) in [6, 6.07) is 13.6. The molecule has 4 aromatic rings. The minimum atomic E-state index is -3.59. The van der Waals surface area contributed by atoms with Gasteiger partial charge in [-0.25, -0.2) is 18.4 Å². The fourth-order valence-corrected chi connectivity index (χ4v) is 5.33. The van der Waals surface area contributed by atoms with Gasteiger partial charge in [0, 0.05) is 37.3 Å². The van der Waals surface area contributed by atoms with E-state index in [0.29, 0.717) is 53.9 Å². The number of aromatic nitrogens is 5. The van der Waals surface area contributed by atoms with Crippen molar-refractivity contribution in [3.05, 3.63) is 59.9 Å². The first-order valence-electron chi connectivity index (χ1n) is 10.2. The van der Waals surface area contributed by atoms with Crippen LogP contribution < -0.4 is 9.64 Å². The first-order chi connectivity index (χ1) is 16.0. The molecule has 2 aromatic carbocycles. The van der Waals surface area contributed by atoms with E-state index in [1.165, 1.54) is 22.8 Å². The van der Waals surface area contributed by atoms with Gasteiger partial charge in [0.05, 0.1) is 17.7 Å². The maximum absolute atomic E-state index is 13.0. The number of hydrogen-bond donors (Lipinski definition) is 0. The Kier molecular flexibility index (Phi) is 5.60. The topological polar surface area (TPSA) is 106 Å². The Bertz CT molecular complexity index is 1400. The molecule has 0 bridgehead atoms. The Morgan fingerprint density at radius 2 is 1.76 bits per heavy atom. The van der Waals surface area contributed by atoms with Crippen molar-refractivity contribution in [2.75, 3.05) is 38.2 Å². The number of ether oxygens (including phenoxy) is 1. The molecule has 5 rings (SSSR count). The summed E-state index contributed by atoms with van der Waals surface area (Å²) < 4.78 is 34.3. The van der Waals surface area contributed by atoms with Crippen molar-refractivity contribution in [2.45, 2.75) is 4.90 Å². The standard InChI is InChI=1S/C21H20ClN7O3S/c1-32-17-4-2-3-16(13-17)29-21-19(25-26-29)20(23-14-24-21)27-9-11-28(12-10-27)33(30,31)18-7-5-15(22)6-8-18/h2-8,13-14H,9-12H2,1H3. The van der Waals surface area contributed by atoms with E-state index in [-0.39, 0.29) is 4.90 Å². The van der Waals surface area contributed by atoms with Crippen LogP contribution in [-0.2, 0) is 10.0 Å². The maximum Gasteiger partial charge on any atom is 0.243 e. The van der Waals surface area contributed by atoms with Gasteiger partial charge in [0.15, 0.2) is 17.0 Å². The Labute approximate surface area is 195 Å². The van der Waals surface area contributed by atoms with Crippen molar-refractivity contribution in [1.29, 1.82) is 0 Å². The van der Waals surface area contributed by atoms with Gasteiger partial charge in [-0.3, -0.25) is 0 Å². The van der Waals surface area contributed by atoms with Crippen molar-refractivity contribution >= 4 is 38.6 Å². The Morgan fingerprint density at radius 3 is 2.48 bits per heavy atom. The highest BCUT2D eigenvalue weighted by Crippen LogP contribution is 2.26. The molecule has 10 nitrogen and oxygen atoms in total. The number of rotatable bonds is 5. The zero-order valence-corrected chi connectivity index (χ0v) is 19.2. The third kappa shape index (κ3) is 3.99. The van der Waals surface area contributed by atoms with Crippen LogP contribution in [0.2, 0.25) is 5.02 Å². The highest BCUT2D eigenvalue weighted by Gasteiger charge is 2.30. The van der Waals surface area contributed by atoms with Gasteiger partial charge < -0.3 is 9.64 Å². The predicted octanol–water partition coefficient (Wildman–Crippen LogP) is 2.38. The zero-order valence-electron chi connectivity index (χ0n) is 17.7. The third-order valence-electron chi connectivity index (χ3n) is 5.51. The van der Waals surface area contributed by atoms with Crippen LogP contribution in [0.3, 0.4) is 0 Å². The average molecular weight is 486 g/mol. The molecule has 170 valence electrons. The van der Waals surface area contributed by atoms with E-state index in [0.717, 1.165) is 5.69 Å². The van der Waals surface area contributed by atoms with Gasteiger partial charge in [-0.15, -0.1) is 5.10 Å². The van der Waals surface area contributed by atoms with E-state index in [1.54, 1.807) is 23.9 Å². The van der Waals surface area contributed by atoms with Gasteiger partial charge in [-0.2, -0.15) is 8.99 Å². The molecule has 1 saturated heterocycles. The molecular formula is C21H20ClN7O3S. The molecule has 0 amide bonds. The molecule has 0 spiro atoms. The van der Waals surface area contributed by atoms with Gasteiger partial charge in [0.25, 0.3) is 0 Å². The molecule has 1 aliphatic rings. The summed E-state index contributed by atoms with van der Waals surface area (Å²) in [6.07, 6.45) is 1.47. The quantitative estimate of drug-likeness (QED) is 0.424. The molecule has 3 heterocycles. The minimum Gasteiger partial charge on any atom is -0.497 e.